The molecule has 0 amide bonds. The fourth-order valence-electron chi connectivity index (χ4n) is 1.07. The van der Waals surface area contributed by atoms with E-state index in [2.05, 4.69) is 46.2 Å². The molecule has 0 bridgehead atoms. The second-order valence-corrected chi connectivity index (χ2v) is 4.15. The molecular formula is C11H15BrN2. The summed E-state index contributed by atoms with van der Waals surface area (Å²) in [6.45, 7) is 5.14. The Bertz CT molecular complexity index is 317. The molecule has 0 saturated carbocycles. The van der Waals surface area contributed by atoms with Crippen LogP contribution in [0.5, 0.6) is 0 Å². The van der Waals surface area contributed by atoms with Crippen molar-refractivity contribution in [3.8, 4) is 0 Å². The van der Waals surface area contributed by atoms with E-state index in [1.165, 1.54) is 5.57 Å². The molecule has 1 aromatic rings. The molecule has 0 aliphatic heterocycles. The smallest absolute Gasteiger partial charge is 0.127 e. The Morgan fingerprint density at radius 1 is 1.50 bits per heavy atom. The summed E-state index contributed by atoms with van der Waals surface area (Å²) in [4.78, 5) is 4.27. The summed E-state index contributed by atoms with van der Waals surface area (Å²) in [5.41, 5.74) is 1.36. The summed E-state index contributed by atoms with van der Waals surface area (Å²) < 4.78 is 0.865. The largest absolute Gasteiger partial charge is 0.370 e. The predicted molar refractivity (Wildman–Crippen MR) is 64.5 cm³/mol. The van der Waals surface area contributed by atoms with Gasteiger partial charge in [0.15, 0.2) is 0 Å². The van der Waals surface area contributed by atoms with Crippen LogP contribution in [0.1, 0.15) is 20.3 Å². The molecule has 0 saturated heterocycles. The Kier molecular flexibility index (Phi) is 4.66. The van der Waals surface area contributed by atoms with E-state index in [-0.39, 0.29) is 0 Å². The van der Waals surface area contributed by atoms with Gasteiger partial charge in [-0.15, -0.1) is 0 Å². The average Bonchev–Trinajstić information content (AvgIpc) is 2.12. The van der Waals surface area contributed by atoms with E-state index < -0.39 is 0 Å². The summed E-state index contributed by atoms with van der Waals surface area (Å²) >= 11 is 3.33. The van der Waals surface area contributed by atoms with Gasteiger partial charge < -0.3 is 5.32 Å². The third kappa shape index (κ3) is 4.42. The standard InChI is InChI=1S/C11H15BrN2/c1-9(2)5-4-8-13-11-7-3-6-10(12)14-11/h3,5-7H,4,8H2,1-2H3,(H,13,14). The number of allylic oxidation sites excluding steroid dienone is 1. The van der Waals surface area contributed by atoms with E-state index in [1.807, 2.05) is 18.2 Å². The highest BCUT2D eigenvalue weighted by Crippen LogP contribution is 2.09. The first-order valence-electron chi connectivity index (χ1n) is 4.68. The van der Waals surface area contributed by atoms with Crippen LogP contribution in [-0.4, -0.2) is 11.5 Å². The fourth-order valence-corrected chi connectivity index (χ4v) is 1.41. The summed E-state index contributed by atoms with van der Waals surface area (Å²) in [5, 5.41) is 3.26. The Morgan fingerprint density at radius 3 is 2.93 bits per heavy atom. The number of anilines is 1. The molecule has 3 heteroatoms. The van der Waals surface area contributed by atoms with Crippen LogP contribution >= 0.6 is 15.9 Å². The van der Waals surface area contributed by atoms with Crippen molar-refractivity contribution in [1.29, 1.82) is 0 Å². The quantitative estimate of drug-likeness (QED) is 0.505. The summed E-state index contributed by atoms with van der Waals surface area (Å²) in [6.07, 6.45) is 3.25. The van der Waals surface area contributed by atoms with Gasteiger partial charge in [0.2, 0.25) is 0 Å². The van der Waals surface area contributed by atoms with Crippen LogP contribution in [0.25, 0.3) is 0 Å². The third-order valence-corrected chi connectivity index (χ3v) is 2.16. The minimum Gasteiger partial charge on any atom is -0.370 e. The lowest BCUT2D eigenvalue weighted by atomic mass is 10.3. The van der Waals surface area contributed by atoms with Crippen molar-refractivity contribution in [3.63, 3.8) is 0 Å². The van der Waals surface area contributed by atoms with E-state index in [4.69, 9.17) is 0 Å². The van der Waals surface area contributed by atoms with E-state index in [0.717, 1.165) is 23.4 Å². The lowest BCUT2D eigenvalue weighted by molar-refractivity contribution is 1.03. The molecule has 0 aliphatic carbocycles. The van der Waals surface area contributed by atoms with Gasteiger partial charge in [-0.3, -0.25) is 0 Å². The summed E-state index contributed by atoms with van der Waals surface area (Å²) in [5.74, 6) is 0.918. The average molecular weight is 255 g/mol. The molecule has 76 valence electrons. The maximum Gasteiger partial charge on any atom is 0.127 e. The molecule has 14 heavy (non-hydrogen) atoms. The Labute approximate surface area is 93.6 Å². The summed E-state index contributed by atoms with van der Waals surface area (Å²) in [7, 11) is 0. The van der Waals surface area contributed by atoms with Crippen molar-refractivity contribution < 1.29 is 0 Å². The van der Waals surface area contributed by atoms with Gasteiger partial charge in [0.1, 0.15) is 10.4 Å². The van der Waals surface area contributed by atoms with Gasteiger partial charge >= 0.3 is 0 Å². The van der Waals surface area contributed by atoms with Crippen LogP contribution in [0.2, 0.25) is 0 Å². The van der Waals surface area contributed by atoms with Crippen LogP contribution in [0.3, 0.4) is 0 Å². The van der Waals surface area contributed by atoms with Gasteiger partial charge in [-0.2, -0.15) is 0 Å². The van der Waals surface area contributed by atoms with E-state index in [9.17, 15) is 0 Å². The van der Waals surface area contributed by atoms with Crippen molar-refractivity contribution in [1.82, 2.24) is 4.98 Å². The first-order valence-corrected chi connectivity index (χ1v) is 5.47. The lowest BCUT2D eigenvalue weighted by Crippen LogP contribution is -2.01. The Hall–Kier alpha value is -0.830. The minimum absolute atomic E-state index is 0.865. The molecule has 0 atom stereocenters. The molecule has 1 heterocycles. The van der Waals surface area contributed by atoms with Crippen LogP contribution in [0.15, 0.2) is 34.5 Å². The van der Waals surface area contributed by atoms with Gasteiger partial charge in [-0.1, -0.05) is 17.7 Å². The zero-order valence-electron chi connectivity index (χ0n) is 8.55. The number of halogens is 1. The molecule has 1 rings (SSSR count). The van der Waals surface area contributed by atoms with E-state index in [1.54, 1.807) is 0 Å². The highest BCUT2D eigenvalue weighted by molar-refractivity contribution is 9.10. The first-order chi connectivity index (χ1) is 6.68. The van der Waals surface area contributed by atoms with Crippen molar-refractivity contribution >= 4 is 21.7 Å². The fraction of sp³-hybridized carbons (Fsp3) is 0.364. The number of aromatic nitrogens is 1. The van der Waals surface area contributed by atoms with Crippen molar-refractivity contribution in [2.45, 2.75) is 20.3 Å². The molecule has 0 spiro atoms. The number of nitrogens with zero attached hydrogens (tertiary/aromatic N) is 1. The van der Waals surface area contributed by atoms with Crippen LogP contribution < -0.4 is 5.32 Å². The van der Waals surface area contributed by atoms with E-state index in [0.29, 0.717) is 0 Å². The third-order valence-electron chi connectivity index (χ3n) is 1.72. The summed E-state index contributed by atoms with van der Waals surface area (Å²) in [6, 6.07) is 5.86. The van der Waals surface area contributed by atoms with Gasteiger partial charge in [0, 0.05) is 6.54 Å². The van der Waals surface area contributed by atoms with Gasteiger partial charge in [-0.05, 0) is 48.3 Å². The number of hydrogen-bond donors (Lipinski definition) is 1. The SMILES string of the molecule is CC(C)=CCCNc1cccc(Br)n1. The molecule has 0 aromatic carbocycles. The van der Waals surface area contributed by atoms with Crippen LogP contribution in [0.4, 0.5) is 5.82 Å². The first kappa shape index (κ1) is 11.2. The zero-order valence-corrected chi connectivity index (χ0v) is 10.1. The number of pyridine rings is 1. The Balaban J connectivity index is 2.35. The highest BCUT2D eigenvalue weighted by Gasteiger charge is 1.92. The minimum atomic E-state index is 0.865. The maximum atomic E-state index is 4.27. The van der Waals surface area contributed by atoms with Crippen molar-refractivity contribution in [3.05, 3.63) is 34.5 Å². The maximum absolute atomic E-state index is 4.27. The monoisotopic (exact) mass is 254 g/mol. The zero-order chi connectivity index (χ0) is 10.4. The number of nitrogens with one attached hydrogen (secondary N) is 1. The van der Waals surface area contributed by atoms with Crippen molar-refractivity contribution in [2.24, 2.45) is 0 Å². The van der Waals surface area contributed by atoms with Gasteiger partial charge in [0.05, 0.1) is 0 Å². The second-order valence-electron chi connectivity index (χ2n) is 3.34. The number of hydrogen-bond acceptors (Lipinski definition) is 2. The van der Waals surface area contributed by atoms with Gasteiger partial charge in [-0.25, -0.2) is 4.98 Å². The topological polar surface area (TPSA) is 24.9 Å². The molecule has 0 aliphatic rings. The second kappa shape index (κ2) is 5.81. The predicted octanol–water partition coefficient (Wildman–Crippen LogP) is 3.61. The molecule has 2 nitrogen and oxygen atoms in total. The Morgan fingerprint density at radius 2 is 2.29 bits per heavy atom. The molecule has 1 aromatic heterocycles. The van der Waals surface area contributed by atoms with Crippen molar-refractivity contribution in [2.75, 3.05) is 11.9 Å². The normalized spacial score (nSPS) is 9.64. The van der Waals surface area contributed by atoms with Crippen LogP contribution in [0, 0.1) is 0 Å². The number of rotatable bonds is 4. The molecule has 1 N–H and O–H groups in total. The highest BCUT2D eigenvalue weighted by atomic mass is 79.9. The van der Waals surface area contributed by atoms with E-state index >= 15 is 0 Å². The molecule has 0 unspecified atom stereocenters. The lowest BCUT2D eigenvalue weighted by Gasteiger charge is -2.03. The molecule has 0 radical (unpaired) electrons. The molecular weight excluding hydrogens is 240 g/mol. The van der Waals surface area contributed by atoms with Crippen LogP contribution in [-0.2, 0) is 0 Å². The van der Waals surface area contributed by atoms with Gasteiger partial charge in [0.25, 0.3) is 0 Å². The molecule has 0 fully saturated rings.